The SMILES string of the molecule is COc1ccc(S(=O)(=O)N(CC(=O)N/N=C/c2cc(C)n(-c3ccc(Cl)cc3Cl)c2C)c2cc(Cl)ccc2OC)cc1OC. The number of benzene rings is 3. The van der Waals surface area contributed by atoms with Gasteiger partial charge >= 0.3 is 0 Å². The number of nitrogens with zero attached hydrogens (tertiary/aromatic N) is 3. The molecule has 4 rings (SSSR count). The molecule has 0 aliphatic rings. The van der Waals surface area contributed by atoms with E-state index in [2.05, 4.69) is 10.5 Å². The highest BCUT2D eigenvalue weighted by molar-refractivity contribution is 7.92. The van der Waals surface area contributed by atoms with E-state index >= 15 is 0 Å². The Morgan fingerprint density at radius 3 is 2.18 bits per heavy atom. The summed E-state index contributed by atoms with van der Waals surface area (Å²) in [5.41, 5.74) is 5.60. The van der Waals surface area contributed by atoms with Gasteiger partial charge in [0.15, 0.2) is 11.5 Å². The molecule has 0 radical (unpaired) electrons. The number of aryl methyl sites for hydroxylation is 1. The Kier molecular flexibility index (Phi) is 10.4. The van der Waals surface area contributed by atoms with E-state index in [4.69, 9.17) is 49.0 Å². The number of methoxy groups -OCH3 is 3. The first-order valence-corrected chi connectivity index (χ1v) is 15.5. The molecular formula is C30H29Cl3N4O6S. The Hall–Kier alpha value is -3.90. The summed E-state index contributed by atoms with van der Waals surface area (Å²) < 4.78 is 46.7. The van der Waals surface area contributed by atoms with Crippen LogP contribution in [0.25, 0.3) is 5.69 Å². The normalized spacial score (nSPS) is 11.5. The second-order valence-corrected chi connectivity index (χ2v) is 12.5. The third-order valence-corrected chi connectivity index (χ3v) is 9.18. The van der Waals surface area contributed by atoms with E-state index < -0.39 is 22.5 Å². The molecule has 0 saturated carbocycles. The first-order chi connectivity index (χ1) is 20.9. The average molecular weight is 680 g/mol. The molecule has 10 nitrogen and oxygen atoms in total. The third-order valence-electron chi connectivity index (χ3n) is 6.65. The number of amides is 1. The Balaban J connectivity index is 1.64. The molecule has 3 aromatic carbocycles. The molecule has 0 aliphatic heterocycles. The first kappa shape index (κ1) is 33.0. The van der Waals surface area contributed by atoms with Gasteiger partial charge in [-0.2, -0.15) is 5.10 Å². The van der Waals surface area contributed by atoms with E-state index in [0.717, 1.165) is 21.4 Å². The number of carbonyl (C=O) groups excluding carboxylic acids is 1. The topological polar surface area (TPSA) is 111 Å². The van der Waals surface area contributed by atoms with Gasteiger partial charge in [0.25, 0.3) is 15.9 Å². The highest BCUT2D eigenvalue weighted by atomic mass is 35.5. The monoisotopic (exact) mass is 678 g/mol. The number of ether oxygens (including phenoxy) is 3. The smallest absolute Gasteiger partial charge is 0.265 e. The number of carbonyl (C=O) groups is 1. The van der Waals surface area contributed by atoms with Gasteiger partial charge in [0, 0.05) is 33.1 Å². The molecule has 4 aromatic rings. The van der Waals surface area contributed by atoms with E-state index in [1.54, 1.807) is 18.2 Å². The van der Waals surface area contributed by atoms with Gasteiger partial charge in [0.05, 0.1) is 48.8 Å². The fourth-order valence-electron chi connectivity index (χ4n) is 4.55. The average Bonchev–Trinajstić information content (AvgIpc) is 3.27. The number of sulfonamides is 1. The minimum atomic E-state index is -4.36. The zero-order valence-electron chi connectivity index (χ0n) is 24.4. The molecule has 0 bridgehead atoms. The summed E-state index contributed by atoms with van der Waals surface area (Å²) in [5.74, 6) is -0.00817. The summed E-state index contributed by atoms with van der Waals surface area (Å²) >= 11 is 18.7. The highest BCUT2D eigenvalue weighted by Gasteiger charge is 2.31. The molecule has 0 aliphatic carbocycles. The van der Waals surface area contributed by atoms with Crippen molar-refractivity contribution >= 4 is 62.6 Å². The number of nitrogens with one attached hydrogen (secondary N) is 1. The predicted molar refractivity (Wildman–Crippen MR) is 173 cm³/mol. The number of hydrogen-bond donors (Lipinski definition) is 1. The molecule has 1 N–H and O–H groups in total. The Morgan fingerprint density at radius 1 is 0.886 bits per heavy atom. The molecule has 0 spiro atoms. The van der Waals surface area contributed by atoms with Crippen LogP contribution in [-0.2, 0) is 14.8 Å². The van der Waals surface area contributed by atoms with Crippen LogP contribution in [0, 0.1) is 13.8 Å². The fraction of sp³-hybridized carbons (Fsp3) is 0.200. The van der Waals surface area contributed by atoms with Gasteiger partial charge in [-0.1, -0.05) is 34.8 Å². The molecule has 0 atom stereocenters. The maximum atomic E-state index is 14.0. The summed E-state index contributed by atoms with van der Waals surface area (Å²) in [6.07, 6.45) is 1.47. The van der Waals surface area contributed by atoms with E-state index in [-0.39, 0.29) is 27.1 Å². The minimum absolute atomic E-state index is 0.0531. The van der Waals surface area contributed by atoms with E-state index in [1.165, 1.54) is 57.9 Å². The summed E-state index contributed by atoms with van der Waals surface area (Å²) in [6, 6.07) is 15.6. The number of hydrazone groups is 1. The maximum Gasteiger partial charge on any atom is 0.265 e. The summed E-state index contributed by atoms with van der Waals surface area (Å²) in [5, 5.41) is 5.32. The lowest BCUT2D eigenvalue weighted by molar-refractivity contribution is -0.119. The predicted octanol–water partition coefficient (Wildman–Crippen LogP) is 6.43. The Labute approximate surface area is 270 Å². The van der Waals surface area contributed by atoms with Gasteiger partial charge in [-0.3, -0.25) is 9.10 Å². The second kappa shape index (κ2) is 13.8. The van der Waals surface area contributed by atoms with Gasteiger partial charge in [0.1, 0.15) is 12.3 Å². The summed E-state index contributed by atoms with van der Waals surface area (Å²) in [4.78, 5) is 13.0. The van der Waals surface area contributed by atoms with Crippen LogP contribution in [-0.4, -0.2) is 53.0 Å². The van der Waals surface area contributed by atoms with Crippen molar-refractivity contribution in [3.63, 3.8) is 0 Å². The van der Waals surface area contributed by atoms with Crippen molar-refractivity contribution in [1.82, 2.24) is 9.99 Å². The van der Waals surface area contributed by atoms with E-state index in [9.17, 15) is 13.2 Å². The molecular weight excluding hydrogens is 651 g/mol. The van der Waals surface area contributed by atoms with Crippen molar-refractivity contribution < 1.29 is 27.4 Å². The van der Waals surface area contributed by atoms with Crippen LogP contribution in [0.1, 0.15) is 17.0 Å². The van der Waals surface area contributed by atoms with Crippen LogP contribution in [0.4, 0.5) is 5.69 Å². The molecule has 1 amide bonds. The highest BCUT2D eigenvalue weighted by Crippen LogP contribution is 2.37. The van der Waals surface area contributed by atoms with Crippen LogP contribution in [0.3, 0.4) is 0 Å². The summed E-state index contributed by atoms with van der Waals surface area (Å²) in [7, 11) is -0.155. The Bertz CT molecular complexity index is 1840. The molecule has 0 saturated heterocycles. The Morgan fingerprint density at radius 2 is 1.52 bits per heavy atom. The lowest BCUT2D eigenvalue weighted by atomic mass is 10.2. The van der Waals surface area contributed by atoms with E-state index in [0.29, 0.717) is 21.4 Å². The molecule has 0 unspecified atom stereocenters. The lowest BCUT2D eigenvalue weighted by Crippen LogP contribution is -2.39. The second-order valence-electron chi connectivity index (χ2n) is 9.40. The molecule has 44 heavy (non-hydrogen) atoms. The van der Waals surface area contributed by atoms with Crippen LogP contribution < -0.4 is 23.9 Å². The molecule has 1 heterocycles. The fourth-order valence-corrected chi connectivity index (χ4v) is 6.65. The molecule has 14 heteroatoms. The van der Waals surface area contributed by atoms with Crippen LogP contribution in [0.2, 0.25) is 15.1 Å². The lowest BCUT2D eigenvalue weighted by Gasteiger charge is -2.25. The van der Waals surface area contributed by atoms with Crippen LogP contribution >= 0.6 is 34.8 Å². The van der Waals surface area contributed by atoms with Gasteiger partial charge < -0.3 is 18.8 Å². The van der Waals surface area contributed by atoms with Crippen LogP contribution in [0.5, 0.6) is 17.2 Å². The number of hydrogen-bond acceptors (Lipinski definition) is 7. The number of halogens is 3. The van der Waals surface area contributed by atoms with Crippen molar-refractivity contribution in [3.05, 3.63) is 92.7 Å². The largest absolute Gasteiger partial charge is 0.495 e. The quantitative estimate of drug-likeness (QED) is 0.145. The van der Waals surface area contributed by atoms with Crippen molar-refractivity contribution in [2.24, 2.45) is 5.10 Å². The molecule has 232 valence electrons. The summed E-state index contributed by atoms with van der Waals surface area (Å²) in [6.45, 7) is 3.14. The number of aromatic nitrogens is 1. The zero-order chi connectivity index (χ0) is 32.2. The molecule has 1 aromatic heterocycles. The van der Waals surface area contributed by atoms with Gasteiger partial charge in [-0.05, 0) is 68.4 Å². The number of rotatable bonds is 11. The van der Waals surface area contributed by atoms with Crippen molar-refractivity contribution in [1.29, 1.82) is 0 Å². The van der Waals surface area contributed by atoms with E-state index in [1.807, 2.05) is 30.5 Å². The van der Waals surface area contributed by atoms with Crippen molar-refractivity contribution in [3.8, 4) is 22.9 Å². The standard InChI is InChI=1S/C30H29Cl3N4O6S/c1-18-12-20(19(2)37(18)25-9-6-21(31)13-24(25)33)16-34-35-30(38)17-36(26-14-22(32)7-10-27(26)41-3)44(39,40)23-8-11-28(42-4)29(15-23)43-5/h6-16H,17H2,1-5H3,(H,35,38)/b34-16+. The zero-order valence-corrected chi connectivity index (χ0v) is 27.5. The number of anilines is 1. The maximum absolute atomic E-state index is 14.0. The van der Waals surface area contributed by atoms with Gasteiger partial charge in [-0.15, -0.1) is 0 Å². The third kappa shape index (κ3) is 6.91. The van der Waals surface area contributed by atoms with Crippen molar-refractivity contribution in [2.75, 3.05) is 32.2 Å². The van der Waals surface area contributed by atoms with Crippen LogP contribution in [0.15, 0.2) is 70.7 Å². The molecule has 0 fully saturated rings. The minimum Gasteiger partial charge on any atom is -0.495 e. The van der Waals surface area contributed by atoms with Crippen molar-refractivity contribution in [2.45, 2.75) is 18.7 Å². The van der Waals surface area contributed by atoms with Gasteiger partial charge in [-0.25, -0.2) is 13.8 Å². The van der Waals surface area contributed by atoms with Gasteiger partial charge in [0.2, 0.25) is 0 Å². The first-order valence-electron chi connectivity index (χ1n) is 13.0.